The zero-order valence-corrected chi connectivity index (χ0v) is 21.0. The van der Waals surface area contributed by atoms with Crippen molar-refractivity contribution in [3.05, 3.63) is 34.7 Å². The van der Waals surface area contributed by atoms with Crippen LogP contribution in [0.4, 0.5) is 5.82 Å². The molecule has 0 spiro atoms. The third-order valence-electron chi connectivity index (χ3n) is 9.10. The van der Waals surface area contributed by atoms with Crippen molar-refractivity contribution in [2.45, 2.75) is 46.1 Å². The number of nitriles is 1. The molecular weight excluding hydrogens is 462 g/mol. The summed E-state index contributed by atoms with van der Waals surface area (Å²) in [6.07, 6.45) is 5.14. The number of pyridine rings is 1. The summed E-state index contributed by atoms with van der Waals surface area (Å²) in [4.78, 5) is 29.8. The number of carbonyl (C=O) groups is 2. The first-order valence-electron chi connectivity index (χ1n) is 12.5. The van der Waals surface area contributed by atoms with Crippen LogP contribution in [0, 0.1) is 52.3 Å². The minimum Gasteiger partial charge on any atom is -0.359 e. The van der Waals surface area contributed by atoms with Gasteiger partial charge in [0.2, 0.25) is 11.8 Å². The Labute approximate surface area is 210 Å². The summed E-state index contributed by atoms with van der Waals surface area (Å²) in [7, 11) is 1.70. The smallest absolute Gasteiger partial charge is 0.228 e. The molecule has 5 aliphatic carbocycles. The molecule has 5 fully saturated rings. The zero-order valence-electron chi connectivity index (χ0n) is 20.3. The molecular formula is C27H30ClN5O2. The van der Waals surface area contributed by atoms with Crippen molar-refractivity contribution in [2.24, 2.45) is 40.9 Å². The number of carbonyl (C=O) groups excluding carboxylic acids is 2. The van der Waals surface area contributed by atoms with Crippen LogP contribution in [0.15, 0.2) is 18.3 Å². The van der Waals surface area contributed by atoms with E-state index in [0.717, 1.165) is 49.0 Å². The Kier molecular flexibility index (Phi) is 5.05. The molecule has 2 N–H and O–H groups in total. The summed E-state index contributed by atoms with van der Waals surface area (Å²) in [5.74, 6) is 2.63. The van der Waals surface area contributed by atoms with E-state index in [9.17, 15) is 14.9 Å². The van der Waals surface area contributed by atoms with E-state index >= 15 is 0 Å². The molecule has 7 nitrogen and oxygen atoms in total. The maximum atomic E-state index is 13.3. The molecule has 35 heavy (non-hydrogen) atoms. The van der Waals surface area contributed by atoms with Crippen LogP contribution in [-0.4, -0.2) is 28.4 Å². The molecule has 3 unspecified atom stereocenters. The number of rotatable bonds is 4. The number of nitrogens with one attached hydrogen (secondary N) is 2. The second kappa shape index (κ2) is 7.83. The Bertz CT molecular complexity index is 1280. The number of amides is 2. The summed E-state index contributed by atoms with van der Waals surface area (Å²) in [6, 6.07) is 6.04. The highest BCUT2D eigenvalue weighted by atomic mass is 35.5. The van der Waals surface area contributed by atoms with Gasteiger partial charge in [-0.25, -0.2) is 4.98 Å². The van der Waals surface area contributed by atoms with Crippen LogP contribution >= 0.6 is 11.6 Å². The van der Waals surface area contributed by atoms with E-state index in [2.05, 4.69) is 40.1 Å². The Morgan fingerprint density at radius 1 is 1.14 bits per heavy atom. The molecule has 4 bridgehead atoms. The lowest BCUT2D eigenvalue weighted by atomic mass is 9.52. The minimum absolute atomic E-state index is 0.0186. The van der Waals surface area contributed by atoms with E-state index in [1.54, 1.807) is 13.2 Å². The highest BCUT2D eigenvalue weighted by Crippen LogP contribution is 2.68. The lowest BCUT2D eigenvalue weighted by Gasteiger charge is -2.52. The number of hydrogen-bond acceptors (Lipinski definition) is 4. The van der Waals surface area contributed by atoms with Gasteiger partial charge < -0.3 is 15.2 Å². The van der Waals surface area contributed by atoms with E-state index in [1.807, 2.05) is 12.1 Å². The van der Waals surface area contributed by atoms with Crippen molar-refractivity contribution >= 4 is 29.2 Å². The van der Waals surface area contributed by atoms with Crippen molar-refractivity contribution in [3.63, 3.8) is 0 Å². The summed E-state index contributed by atoms with van der Waals surface area (Å²) >= 11 is 6.57. The predicted octanol–water partition coefficient (Wildman–Crippen LogP) is 4.25. The maximum absolute atomic E-state index is 13.3. The Morgan fingerprint density at radius 2 is 1.89 bits per heavy atom. The van der Waals surface area contributed by atoms with Gasteiger partial charge in [0.15, 0.2) is 0 Å². The minimum atomic E-state index is -0.0220. The van der Waals surface area contributed by atoms with Gasteiger partial charge in [-0.15, -0.1) is 0 Å². The summed E-state index contributed by atoms with van der Waals surface area (Å²) in [5.41, 5.74) is 3.54. The van der Waals surface area contributed by atoms with Gasteiger partial charge in [0.25, 0.3) is 0 Å². The number of aromatic nitrogens is 2. The van der Waals surface area contributed by atoms with E-state index in [-0.39, 0.29) is 29.1 Å². The number of anilines is 1. The second-order valence-electron chi connectivity index (χ2n) is 11.7. The predicted molar refractivity (Wildman–Crippen MR) is 132 cm³/mol. The van der Waals surface area contributed by atoms with Crippen LogP contribution in [-0.2, 0) is 22.6 Å². The molecule has 8 heteroatoms. The summed E-state index contributed by atoms with van der Waals surface area (Å²) in [5, 5.41) is 16.0. The van der Waals surface area contributed by atoms with Crippen molar-refractivity contribution in [2.75, 3.05) is 12.4 Å². The molecule has 182 valence electrons. The largest absolute Gasteiger partial charge is 0.359 e. The first-order chi connectivity index (χ1) is 16.7. The molecule has 0 radical (unpaired) electrons. The standard InChI is InChI=1S/C27H30ClN5O2/c1-27(2)9-22-17(6-14(10-29)33(22)12-27)16-8-23(31-11-21(16)28)32-26(35)20-7-15-18-4-13(25(34)30-3)5-19(15)24(18)20/h6,8,11,13,15,18-20,24H,4-5,7,9,12H2,1-3H3,(H,30,34)(H,31,32,35)/t13?,15?,18-,19+,20-,24?/m0/s1. The average molecular weight is 492 g/mol. The molecule has 0 saturated heterocycles. The third-order valence-corrected chi connectivity index (χ3v) is 9.40. The highest BCUT2D eigenvalue weighted by molar-refractivity contribution is 6.33. The van der Waals surface area contributed by atoms with Gasteiger partial charge in [0.1, 0.15) is 17.6 Å². The van der Waals surface area contributed by atoms with Gasteiger partial charge in [0, 0.05) is 48.4 Å². The van der Waals surface area contributed by atoms with Crippen molar-refractivity contribution in [3.8, 4) is 17.2 Å². The van der Waals surface area contributed by atoms with E-state index in [0.29, 0.717) is 40.2 Å². The maximum Gasteiger partial charge on any atom is 0.228 e. The van der Waals surface area contributed by atoms with Crippen LogP contribution in [0.25, 0.3) is 11.1 Å². The molecule has 6 atom stereocenters. The first kappa shape index (κ1) is 22.6. The van der Waals surface area contributed by atoms with Crippen LogP contribution in [0.3, 0.4) is 0 Å². The molecule has 1 aliphatic heterocycles. The molecule has 0 aromatic carbocycles. The molecule has 2 aromatic rings. The van der Waals surface area contributed by atoms with Crippen molar-refractivity contribution < 1.29 is 9.59 Å². The highest BCUT2D eigenvalue weighted by Gasteiger charge is 2.65. The van der Waals surface area contributed by atoms with Crippen molar-refractivity contribution in [1.29, 1.82) is 5.26 Å². The lowest BCUT2D eigenvalue weighted by molar-refractivity contribution is -0.135. The second-order valence-corrected chi connectivity index (χ2v) is 12.1. The van der Waals surface area contributed by atoms with Crippen LogP contribution in [0.1, 0.15) is 44.5 Å². The summed E-state index contributed by atoms with van der Waals surface area (Å²) < 4.78 is 2.08. The fourth-order valence-electron chi connectivity index (χ4n) is 7.73. The van der Waals surface area contributed by atoms with Crippen molar-refractivity contribution in [1.82, 2.24) is 14.9 Å². The fraction of sp³-hybridized carbons (Fsp3) is 0.556. The van der Waals surface area contributed by atoms with Gasteiger partial charge in [-0.1, -0.05) is 25.4 Å². The zero-order chi connectivity index (χ0) is 24.6. The molecule has 3 heterocycles. The van der Waals surface area contributed by atoms with E-state index < -0.39 is 0 Å². The first-order valence-corrected chi connectivity index (χ1v) is 12.9. The summed E-state index contributed by atoms with van der Waals surface area (Å²) in [6.45, 7) is 5.19. The number of hydrogen-bond donors (Lipinski definition) is 2. The lowest BCUT2D eigenvalue weighted by Crippen LogP contribution is -2.51. The topological polar surface area (TPSA) is 99.8 Å². The Balaban J connectivity index is 1.21. The fourth-order valence-corrected chi connectivity index (χ4v) is 7.93. The normalized spacial score (nSPS) is 31.3. The third kappa shape index (κ3) is 3.41. The quantitative estimate of drug-likeness (QED) is 0.667. The number of fused-ring (bicyclic) bond motifs is 4. The van der Waals surface area contributed by atoms with Crippen LogP contribution in [0.2, 0.25) is 5.02 Å². The molecule has 6 aliphatic rings. The number of halogens is 1. The van der Waals surface area contributed by atoms with Gasteiger partial charge in [-0.2, -0.15) is 5.26 Å². The van der Waals surface area contributed by atoms with Gasteiger partial charge >= 0.3 is 0 Å². The SMILES string of the molecule is CNC(=O)C1C[C@@H]2C3C[C@H](C(=O)Nc4cc(-c5cc(C#N)n6c5CC(C)(C)C6)c(Cl)cn4)C2[C@H]3C1. The average Bonchev–Trinajstić information content (AvgIpc) is 3.58. The molecule has 5 saturated carbocycles. The van der Waals surface area contributed by atoms with Crippen LogP contribution in [0.5, 0.6) is 0 Å². The van der Waals surface area contributed by atoms with Gasteiger partial charge in [-0.3, -0.25) is 9.59 Å². The van der Waals surface area contributed by atoms with E-state index in [4.69, 9.17) is 11.6 Å². The number of nitrogens with zero attached hydrogens (tertiary/aromatic N) is 3. The Morgan fingerprint density at radius 3 is 2.57 bits per heavy atom. The monoisotopic (exact) mass is 491 g/mol. The molecule has 8 rings (SSSR count). The molecule has 2 aromatic heterocycles. The van der Waals surface area contributed by atoms with Crippen LogP contribution < -0.4 is 10.6 Å². The van der Waals surface area contributed by atoms with E-state index in [1.165, 1.54) is 0 Å². The Hall–Kier alpha value is -2.85. The van der Waals surface area contributed by atoms with Gasteiger partial charge in [0.05, 0.1) is 5.02 Å². The van der Waals surface area contributed by atoms with Gasteiger partial charge in [-0.05, 0) is 66.9 Å². The molecule has 2 amide bonds.